The van der Waals surface area contributed by atoms with Crippen molar-refractivity contribution in [1.29, 1.82) is 0 Å². The Hall–Kier alpha value is -2.34. The molecular weight excluding hydrogens is 338 g/mol. The number of carbonyl (C=O) groups excluding carboxylic acids is 1. The van der Waals surface area contributed by atoms with E-state index in [0.717, 1.165) is 32.6 Å². The Morgan fingerprint density at radius 2 is 2.00 bits per heavy atom. The first kappa shape index (κ1) is 19.4. The molecule has 0 radical (unpaired) electrons. The van der Waals surface area contributed by atoms with Gasteiger partial charge in [-0.2, -0.15) is 5.10 Å². The molecule has 0 unspecified atom stereocenters. The molecule has 0 saturated carbocycles. The van der Waals surface area contributed by atoms with Gasteiger partial charge in [0.1, 0.15) is 0 Å². The zero-order chi connectivity index (χ0) is 19.4. The van der Waals surface area contributed by atoms with E-state index in [1.807, 2.05) is 13.1 Å². The molecule has 2 amide bonds. The van der Waals surface area contributed by atoms with E-state index in [2.05, 4.69) is 65.7 Å². The normalized spacial score (nSPS) is 15.9. The number of nitrogens with one attached hydrogen (secondary N) is 2. The Morgan fingerprint density at radius 1 is 1.26 bits per heavy atom. The standard InChI is InChI=1S/C21H31N5O/c1-5-26-14-18(12-22-26)23-20(27)24-19(21(2,3)4)15-25-11-10-16-8-6-7-9-17(16)13-25/h6-9,12,14,19H,5,10-11,13,15H2,1-4H3,(H2,23,24,27)/t19-/m0/s1. The summed E-state index contributed by atoms with van der Waals surface area (Å²) in [6.07, 6.45) is 4.58. The minimum Gasteiger partial charge on any atom is -0.333 e. The van der Waals surface area contributed by atoms with Crippen molar-refractivity contribution in [1.82, 2.24) is 20.0 Å². The minimum absolute atomic E-state index is 0.0398. The molecule has 0 saturated heterocycles. The predicted octanol–water partition coefficient (Wildman–Crippen LogP) is 3.50. The summed E-state index contributed by atoms with van der Waals surface area (Å²) in [6.45, 7) is 12.1. The van der Waals surface area contributed by atoms with Crippen molar-refractivity contribution in [2.24, 2.45) is 5.41 Å². The number of benzene rings is 1. The predicted molar refractivity (Wildman–Crippen MR) is 109 cm³/mol. The van der Waals surface area contributed by atoms with E-state index < -0.39 is 0 Å². The molecule has 1 aliphatic rings. The smallest absolute Gasteiger partial charge is 0.319 e. The van der Waals surface area contributed by atoms with Crippen molar-refractivity contribution in [2.45, 2.75) is 53.2 Å². The molecule has 1 aliphatic heterocycles. The molecule has 0 bridgehead atoms. The second-order valence-electron chi connectivity index (χ2n) is 8.36. The number of urea groups is 1. The highest BCUT2D eigenvalue weighted by molar-refractivity contribution is 5.89. The summed E-state index contributed by atoms with van der Waals surface area (Å²) >= 11 is 0. The van der Waals surface area contributed by atoms with Crippen LogP contribution >= 0.6 is 0 Å². The first-order valence-electron chi connectivity index (χ1n) is 9.74. The number of aryl methyl sites for hydroxylation is 1. The van der Waals surface area contributed by atoms with Crippen LogP contribution in [-0.2, 0) is 19.5 Å². The van der Waals surface area contributed by atoms with Crippen molar-refractivity contribution in [3.8, 4) is 0 Å². The molecule has 0 spiro atoms. The van der Waals surface area contributed by atoms with Crippen LogP contribution in [-0.4, -0.2) is 39.8 Å². The molecule has 27 heavy (non-hydrogen) atoms. The second-order valence-corrected chi connectivity index (χ2v) is 8.36. The Morgan fingerprint density at radius 3 is 2.67 bits per heavy atom. The van der Waals surface area contributed by atoms with E-state index >= 15 is 0 Å². The fraction of sp³-hybridized carbons (Fsp3) is 0.524. The van der Waals surface area contributed by atoms with Gasteiger partial charge in [0.15, 0.2) is 0 Å². The lowest BCUT2D eigenvalue weighted by atomic mass is 9.86. The van der Waals surface area contributed by atoms with Gasteiger partial charge in [0.2, 0.25) is 0 Å². The number of hydrogen-bond donors (Lipinski definition) is 2. The summed E-state index contributed by atoms with van der Waals surface area (Å²) in [6, 6.07) is 8.51. The van der Waals surface area contributed by atoms with Gasteiger partial charge in [-0.25, -0.2) is 4.79 Å². The van der Waals surface area contributed by atoms with Gasteiger partial charge in [-0.15, -0.1) is 0 Å². The molecule has 3 rings (SSSR count). The number of hydrogen-bond acceptors (Lipinski definition) is 3. The summed E-state index contributed by atoms with van der Waals surface area (Å²) in [5, 5.41) is 10.3. The van der Waals surface area contributed by atoms with E-state index in [1.54, 1.807) is 10.9 Å². The Balaban J connectivity index is 1.61. The Bertz CT molecular complexity index is 777. The maximum absolute atomic E-state index is 12.5. The van der Waals surface area contributed by atoms with Crippen molar-refractivity contribution < 1.29 is 4.79 Å². The molecule has 2 N–H and O–H groups in total. The van der Waals surface area contributed by atoms with E-state index in [9.17, 15) is 4.79 Å². The molecule has 6 heteroatoms. The number of aromatic nitrogens is 2. The van der Waals surface area contributed by atoms with E-state index in [0.29, 0.717) is 5.69 Å². The molecule has 1 aromatic heterocycles. The molecule has 2 aromatic rings. The summed E-state index contributed by atoms with van der Waals surface area (Å²) in [5.41, 5.74) is 3.52. The largest absolute Gasteiger partial charge is 0.333 e. The van der Waals surface area contributed by atoms with E-state index in [4.69, 9.17) is 0 Å². The fourth-order valence-electron chi connectivity index (χ4n) is 3.43. The highest BCUT2D eigenvalue weighted by atomic mass is 16.2. The number of fused-ring (bicyclic) bond motifs is 1. The molecule has 2 heterocycles. The zero-order valence-electron chi connectivity index (χ0n) is 16.8. The van der Waals surface area contributed by atoms with Gasteiger partial charge in [0, 0.05) is 38.4 Å². The van der Waals surface area contributed by atoms with Crippen LogP contribution in [0.1, 0.15) is 38.8 Å². The van der Waals surface area contributed by atoms with Crippen molar-refractivity contribution in [3.63, 3.8) is 0 Å². The third kappa shape index (κ3) is 5.10. The van der Waals surface area contributed by atoms with Crippen LogP contribution in [0.15, 0.2) is 36.7 Å². The Labute approximate surface area is 161 Å². The number of rotatable bonds is 5. The van der Waals surface area contributed by atoms with Crippen LogP contribution in [0, 0.1) is 5.41 Å². The van der Waals surface area contributed by atoms with Gasteiger partial charge in [-0.3, -0.25) is 9.58 Å². The zero-order valence-corrected chi connectivity index (χ0v) is 16.8. The quantitative estimate of drug-likeness (QED) is 0.848. The lowest BCUT2D eigenvalue weighted by molar-refractivity contribution is 0.164. The maximum atomic E-state index is 12.5. The maximum Gasteiger partial charge on any atom is 0.319 e. The van der Waals surface area contributed by atoms with Gasteiger partial charge < -0.3 is 10.6 Å². The second kappa shape index (κ2) is 8.13. The topological polar surface area (TPSA) is 62.2 Å². The van der Waals surface area contributed by atoms with E-state index in [-0.39, 0.29) is 17.5 Å². The van der Waals surface area contributed by atoms with Gasteiger partial charge in [-0.1, -0.05) is 45.0 Å². The number of nitrogens with zero attached hydrogens (tertiary/aromatic N) is 3. The monoisotopic (exact) mass is 369 g/mol. The van der Waals surface area contributed by atoms with Crippen molar-refractivity contribution in [3.05, 3.63) is 47.8 Å². The number of amides is 2. The van der Waals surface area contributed by atoms with Gasteiger partial charge in [0.25, 0.3) is 0 Å². The minimum atomic E-state index is -0.178. The molecule has 1 aromatic carbocycles. The summed E-state index contributed by atoms with van der Waals surface area (Å²) in [5.74, 6) is 0. The third-order valence-corrected chi connectivity index (χ3v) is 5.22. The van der Waals surface area contributed by atoms with Crippen LogP contribution < -0.4 is 10.6 Å². The van der Waals surface area contributed by atoms with Crippen LogP contribution in [0.25, 0.3) is 0 Å². The van der Waals surface area contributed by atoms with Gasteiger partial charge in [-0.05, 0) is 29.9 Å². The fourth-order valence-corrected chi connectivity index (χ4v) is 3.43. The molecule has 0 aliphatic carbocycles. The molecular formula is C21H31N5O. The van der Waals surface area contributed by atoms with Crippen LogP contribution in [0.3, 0.4) is 0 Å². The SMILES string of the molecule is CCn1cc(NC(=O)N[C@@H](CN2CCc3ccccc3C2)C(C)(C)C)cn1. The average Bonchev–Trinajstić information content (AvgIpc) is 3.07. The first-order chi connectivity index (χ1) is 12.8. The van der Waals surface area contributed by atoms with Crippen molar-refractivity contribution in [2.75, 3.05) is 18.4 Å². The Kier molecular flexibility index (Phi) is 5.85. The van der Waals surface area contributed by atoms with Gasteiger partial charge in [0.05, 0.1) is 11.9 Å². The molecule has 146 valence electrons. The summed E-state index contributed by atoms with van der Waals surface area (Å²) in [4.78, 5) is 15.0. The number of carbonyl (C=O) groups is 1. The van der Waals surface area contributed by atoms with E-state index in [1.165, 1.54) is 11.1 Å². The lowest BCUT2D eigenvalue weighted by Crippen LogP contribution is -2.52. The molecule has 1 atom stereocenters. The summed E-state index contributed by atoms with van der Waals surface area (Å²) < 4.78 is 1.79. The average molecular weight is 370 g/mol. The first-order valence-corrected chi connectivity index (χ1v) is 9.74. The highest BCUT2D eigenvalue weighted by Crippen LogP contribution is 2.24. The lowest BCUT2D eigenvalue weighted by Gasteiger charge is -2.37. The summed E-state index contributed by atoms with van der Waals surface area (Å²) in [7, 11) is 0. The van der Waals surface area contributed by atoms with Crippen LogP contribution in [0.2, 0.25) is 0 Å². The highest BCUT2D eigenvalue weighted by Gasteiger charge is 2.29. The van der Waals surface area contributed by atoms with Crippen LogP contribution in [0.5, 0.6) is 0 Å². The number of anilines is 1. The molecule has 0 fully saturated rings. The molecule has 6 nitrogen and oxygen atoms in total. The van der Waals surface area contributed by atoms with Crippen molar-refractivity contribution >= 4 is 11.7 Å². The van der Waals surface area contributed by atoms with Gasteiger partial charge >= 0.3 is 6.03 Å². The van der Waals surface area contributed by atoms with Crippen LogP contribution in [0.4, 0.5) is 10.5 Å². The third-order valence-electron chi connectivity index (χ3n) is 5.22.